The van der Waals surface area contributed by atoms with Gasteiger partial charge in [-0.15, -0.1) is 0 Å². The predicted molar refractivity (Wildman–Crippen MR) is 38.0 cm³/mol. The first-order chi connectivity index (χ1) is 5.25. The van der Waals surface area contributed by atoms with Crippen molar-refractivity contribution in [2.24, 2.45) is 11.8 Å². The first kappa shape index (κ1) is 6.70. The van der Waals surface area contributed by atoms with Gasteiger partial charge in [-0.25, -0.2) is 4.79 Å². The predicted octanol–water partition coefficient (Wildman–Crippen LogP) is 1.99. The molecule has 11 heavy (non-hydrogen) atoms. The molecule has 2 atom stereocenters. The van der Waals surface area contributed by atoms with Crippen LogP contribution in [0.2, 0.25) is 0 Å². The van der Waals surface area contributed by atoms with Gasteiger partial charge < -0.3 is 9.84 Å². The maximum Gasteiger partial charge on any atom is 0.511 e. The minimum absolute atomic E-state index is 0.399. The standard InChI is InChI=1S/C8H10O3/c9-8(10)11-7-4-5-1-2-6(7)3-5/h4-6H,1-3H2,(H,9,10)/t5?,6-/m1/s1. The van der Waals surface area contributed by atoms with Crippen LogP contribution in [0.25, 0.3) is 0 Å². The summed E-state index contributed by atoms with van der Waals surface area (Å²) in [5.74, 6) is 1.68. The summed E-state index contributed by atoms with van der Waals surface area (Å²) < 4.78 is 4.62. The van der Waals surface area contributed by atoms with Crippen molar-refractivity contribution in [3.05, 3.63) is 11.8 Å². The molecular weight excluding hydrogens is 144 g/mol. The Morgan fingerprint density at radius 2 is 2.45 bits per heavy atom. The molecule has 0 aromatic heterocycles. The van der Waals surface area contributed by atoms with Crippen molar-refractivity contribution in [1.29, 1.82) is 0 Å². The van der Waals surface area contributed by atoms with E-state index in [2.05, 4.69) is 4.74 Å². The van der Waals surface area contributed by atoms with Crippen molar-refractivity contribution in [1.82, 2.24) is 0 Å². The molecule has 0 saturated heterocycles. The first-order valence-electron chi connectivity index (χ1n) is 3.88. The van der Waals surface area contributed by atoms with Gasteiger partial charge in [0.15, 0.2) is 0 Å². The molecule has 1 saturated carbocycles. The van der Waals surface area contributed by atoms with E-state index in [0.29, 0.717) is 17.6 Å². The number of hydrogen-bond acceptors (Lipinski definition) is 2. The monoisotopic (exact) mass is 154 g/mol. The molecule has 2 rings (SSSR count). The number of rotatable bonds is 1. The molecule has 0 aliphatic heterocycles. The van der Waals surface area contributed by atoms with Gasteiger partial charge in [0.2, 0.25) is 0 Å². The van der Waals surface area contributed by atoms with Crippen LogP contribution in [-0.4, -0.2) is 11.3 Å². The first-order valence-corrected chi connectivity index (χ1v) is 3.88. The van der Waals surface area contributed by atoms with E-state index in [1.54, 1.807) is 0 Å². The van der Waals surface area contributed by atoms with Gasteiger partial charge in [-0.3, -0.25) is 0 Å². The fourth-order valence-electron chi connectivity index (χ4n) is 2.01. The Labute approximate surface area is 64.7 Å². The van der Waals surface area contributed by atoms with Gasteiger partial charge in [-0.1, -0.05) is 0 Å². The molecule has 3 nitrogen and oxygen atoms in total. The van der Waals surface area contributed by atoms with Crippen molar-refractivity contribution in [2.45, 2.75) is 19.3 Å². The minimum atomic E-state index is -1.18. The van der Waals surface area contributed by atoms with E-state index in [1.807, 2.05) is 6.08 Å². The molecule has 0 amide bonds. The van der Waals surface area contributed by atoms with E-state index in [9.17, 15) is 4.79 Å². The number of carboxylic acid groups (broad SMARTS) is 1. The van der Waals surface area contributed by atoms with Crippen LogP contribution in [0.3, 0.4) is 0 Å². The fraction of sp³-hybridized carbons (Fsp3) is 0.625. The Balaban J connectivity index is 2.05. The van der Waals surface area contributed by atoms with Crippen molar-refractivity contribution < 1.29 is 14.6 Å². The molecule has 0 radical (unpaired) electrons. The van der Waals surface area contributed by atoms with Crippen LogP contribution in [0.4, 0.5) is 4.79 Å². The Morgan fingerprint density at radius 1 is 1.64 bits per heavy atom. The topological polar surface area (TPSA) is 46.5 Å². The van der Waals surface area contributed by atoms with Crippen molar-refractivity contribution in [3.8, 4) is 0 Å². The van der Waals surface area contributed by atoms with Gasteiger partial charge in [-0.05, 0) is 31.3 Å². The Morgan fingerprint density at radius 3 is 2.91 bits per heavy atom. The maximum absolute atomic E-state index is 10.2. The third-order valence-corrected chi connectivity index (χ3v) is 2.48. The molecule has 0 aromatic carbocycles. The van der Waals surface area contributed by atoms with Crippen LogP contribution in [0.15, 0.2) is 11.8 Å². The Hall–Kier alpha value is -0.990. The number of fused-ring (bicyclic) bond motifs is 2. The highest BCUT2D eigenvalue weighted by Gasteiger charge is 2.34. The summed E-state index contributed by atoms with van der Waals surface area (Å²) in [7, 11) is 0. The summed E-state index contributed by atoms with van der Waals surface area (Å²) in [5, 5.41) is 8.34. The summed E-state index contributed by atoms with van der Waals surface area (Å²) >= 11 is 0. The number of carbonyl (C=O) groups is 1. The molecular formula is C8H10O3. The second kappa shape index (κ2) is 2.26. The third kappa shape index (κ3) is 1.11. The van der Waals surface area contributed by atoms with E-state index < -0.39 is 6.16 Å². The molecule has 0 heterocycles. The summed E-state index contributed by atoms with van der Waals surface area (Å²) in [6.45, 7) is 0. The average molecular weight is 154 g/mol. The smallest absolute Gasteiger partial charge is 0.449 e. The van der Waals surface area contributed by atoms with Gasteiger partial charge in [0.25, 0.3) is 0 Å². The Kier molecular flexibility index (Phi) is 1.37. The highest BCUT2D eigenvalue weighted by atomic mass is 16.7. The molecule has 2 aliphatic carbocycles. The van der Waals surface area contributed by atoms with E-state index in [1.165, 1.54) is 6.42 Å². The lowest BCUT2D eigenvalue weighted by atomic mass is 10.1. The van der Waals surface area contributed by atoms with E-state index in [0.717, 1.165) is 12.8 Å². The van der Waals surface area contributed by atoms with E-state index >= 15 is 0 Å². The van der Waals surface area contributed by atoms with Gasteiger partial charge in [0.05, 0.1) is 0 Å². The van der Waals surface area contributed by atoms with Gasteiger partial charge in [-0.2, -0.15) is 0 Å². The highest BCUT2D eigenvalue weighted by Crippen LogP contribution is 2.43. The van der Waals surface area contributed by atoms with Crippen LogP contribution in [-0.2, 0) is 4.74 Å². The molecule has 1 N–H and O–H groups in total. The van der Waals surface area contributed by atoms with Crippen LogP contribution in [0.1, 0.15) is 19.3 Å². The van der Waals surface area contributed by atoms with Crippen LogP contribution in [0.5, 0.6) is 0 Å². The van der Waals surface area contributed by atoms with Crippen LogP contribution >= 0.6 is 0 Å². The second-order valence-electron chi connectivity index (χ2n) is 3.21. The zero-order chi connectivity index (χ0) is 7.84. The van der Waals surface area contributed by atoms with Crippen molar-refractivity contribution in [3.63, 3.8) is 0 Å². The lowest BCUT2D eigenvalue weighted by molar-refractivity contribution is 0.110. The van der Waals surface area contributed by atoms with Crippen molar-refractivity contribution >= 4 is 6.16 Å². The van der Waals surface area contributed by atoms with E-state index in [4.69, 9.17) is 5.11 Å². The van der Waals surface area contributed by atoms with E-state index in [-0.39, 0.29) is 0 Å². The number of ether oxygens (including phenoxy) is 1. The largest absolute Gasteiger partial charge is 0.511 e. The summed E-state index contributed by atoms with van der Waals surface area (Å²) in [6.07, 6.45) is 4.19. The zero-order valence-electron chi connectivity index (χ0n) is 6.12. The Bertz CT molecular complexity index is 219. The highest BCUT2D eigenvalue weighted by molar-refractivity contribution is 5.58. The van der Waals surface area contributed by atoms with Gasteiger partial charge in [0.1, 0.15) is 5.76 Å². The zero-order valence-corrected chi connectivity index (χ0v) is 6.12. The normalized spacial score (nSPS) is 33.6. The molecule has 3 heteroatoms. The van der Waals surface area contributed by atoms with Crippen LogP contribution < -0.4 is 0 Å². The molecule has 1 unspecified atom stereocenters. The lowest BCUT2D eigenvalue weighted by Crippen LogP contribution is -2.06. The molecule has 60 valence electrons. The van der Waals surface area contributed by atoms with Gasteiger partial charge >= 0.3 is 6.16 Å². The SMILES string of the molecule is O=C(O)OC1=CC2CC[C@@H]1C2. The number of allylic oxidation sites excluding steroid dienone is 2. The molecule has 1 fully saturated rings. The van der Waals surface area contributed by atoms with Crippen LogP contribution in [0, 0.1) is 11.8 Å². The lowest BCUT2D eigenvalue weighted by Gasteiger charge is -2.10. The summed E-state index contributed by atoms with van der Waals surface area (Å²) in [4.78, 5) is 10.2. The molecule has 2 aliphatic rings. The van der Waals surface area contributed by atoms with Crippen molar-refractivity contribution in [2.75, 3.05) is 0 Å². The molecule has 0 aromatic rings. The number of hydrogen-bond donors (Lipinski definition) is 1. The quantitative estimate of drug-likeness (QED) is 0.587. The van der Waals surface area contributed by atoms with Gasteiger partial charge in [0, 0.05) is 5.92 Å². The second-order valence-corrected chi connectivity index (χ2v) is 3.21. The third-order valence-electron chi connectivity index (χ3n) is 2.48. The average Bonchev–Trinajstić information content (AvgIpc) is 2.45. The maximum atomic E-state index is 10.2. The summed E-state index contributed by atoms with van der Waals surface area (Å²) in [5.41, 5.74) is 0. The molecule has 2 bridgehead atoms. The summed E-state index contributed by atoms with van der Waals surface area (Å²) in [6, 6.07) is 0. The fourth-order valence-corrected chi connectivity index (χ4v) is 2.01. The molecule has 0 spiro atoms. The minimum Gasteiger partial charge on any atom is -0.449 e.